The van der Waals surface area contributed by atoms with Crippen molar-refractivity contribution in [1.29, 1.82) is 0 Å². The third-order valence-electron chi connectivity index (χ3n) is 2.63. The van der Waals surface area contributed by atoms with Gasteiger partial charge in [-0.25, -0.2) is 0 Å². The molecule has 5 N–H and O–H groups in total. The summed E-state index contributed by atoms with van der Waals surface area (Å²) in [6, 6.07) is 7.78. The molecule has 0 aliphatic carbocycles. The maximum atomic E-state index is 12.0. The number of anilines is 1. The van der Waals surface area contributed by atoms with Gasteiger partial charge < -0.3 is 21.2 Å². The Kier molecular flexibility index (Phi) is 3.80. The topological polar surface area (TPSA) is 121 Å². The number of nitrogens with zero attached hydrogens (tertiary/aromatic N) is 1. The summed E-state index contributed by atoms with van der Waals surface area (Å²) in [4.78, 5) is 26.2. The van der Waals surface area contributed by atoms with Gasteiger partial charge in [0.1, 0.15) is 5.56 Å². The molecular formula is C13H12N4O3. The second-order valence-corrected chi connectivity index (χ2v) is 3.91. The van der Waals surface area contributed by atoms with Gasteiger partial charge in [-0.05, 0) is 12.1 Å². The SMILES string of the molecule is N/C(=N/O)c1ccccc1NC(=O)c1c[nH]ccc1=O. The lowest BCUT2D eigenvalue weighted by Crippen LogP contribution is -2.23. The number of hydrogen-bond acceptors (Lipinski definition) is 4. The van der Waals surface area contributed by atoms with Crippen LogP contribution in [0.4, 0.5) is 5.69 Å². The van der Waals surface area contributed by atoms with Crippen molar-refractivity contribution in [2.75, 3.05) is 5.32 Å². The van der Waals surface area contributed by atoms with Crippen LogP contribution in [0.1, 0.15) is 15.9 Å². The highest BCUT2D eigenvalue weighted by Crippen LogP contribution is 2.15. The molecule has 0 bridgehead atoms. The summed E-state index contributed by atoms with van der Waals surface area (Å²) in [7, 11) is 0. The van der Waals surface area contributed by atoms with E-state index in [9.17, 15) is 9.59 Å². The van der Waals surface area contributed by atoms with Crippen LogP contribution in [0, 0.1) is 0 Å². The number of amidine groups is 1. The molecule has 0 unspecified atom stereocenters. The minimum Gasteiger partial charge on any atom is -0.409 e. The summed E-state index contributed by atoms with van der Waals surface area (Å²) in [5.41, 5.74) is 5.79. The highest BCUT2D eigenvalue weighted by atomic mass is 16.4. The number of aromatic amines is 1. The molecule has 0 spiro atoms. The normalized spacial score (nSPS) is 11.1. The number of pyridine rings is 1. The van der Waals surface area contributed by atoms with Gasteiger partial charge in [0.2, 0.25) is 0 Å². The third kappa shape index (κ3) is 2.66. The minimum absolute atomic E-state index is 0.0261. The summed E-state index contributed by atoms with van der Waals surface area (Å²) in [5.74, 6) is -0.715. The molecule has 1 aromatic carbocycles. The van der Waals surface area contributed by atoms with Gasteiger partial charge in [0, 0.05) is 24.0 Å². The number of H-pyrrole nitrogens is 1. The number of benzene rings is 1. The zero-order valence-electron chi connectivity index (χ0n) is 10.3. The summed E-state index contributed by atoms with van der Waals surface area (Å²) in [6.45, 7) is 0. The largest absolute Gasteiger partial charge is 0.409 e. The van der Waals surface area contributed by atoms with Gasteiger partial charge in [0.15, 0.2) is 11.3 Å². The van der Waals surface area contributed by atoms with E-state index in [1.165, 1.54) is 18.5 Å². The second kappa shape index (κ2) is 5.70. The Labute approximate surface area is 113 Å². The van der Waals surface area contributed by atoms with Gasteiger partial charge in [0.25, 0.3) is 5.91 Å². The minimum atomic E-state index is -0.579. The number of nitrogens with one attached hydrogen (secondary N) is 2. The van der Waals surface area contributed by atoms with Crippen LogP contribution in [0.3, 0.4) is 0 Å². The Morgan fingerprint density at radius 1 is 1.25 bits per heavy atom. The molecule has 1 aromatic heterocycles. The number of oxime groups is 1. The first-order valence-electron chi connectivity index (χ1n) is 5.69. The van der Waals surface area contributed by atoms with Gasteiger partial charge >= 0.3 is 0 Å². The van der Waals surface area contributed by atoms with Crippen LogP contribution in [-0.4, -0.2) is 21.9 Å². The maximum absolute atomic E-state index is 12.0. The number of carbonyl (C=O) groups excluding carboxylic acids is 1. The lowest BCUT2D eigenvalue weighted by molar-refractivity contribution is 0.102. The van der Waals surface area contributed by atoms with Crippen LogP contribution in [0.15, 0.2) is 52.7 Å². The molecule has 7 nitrogen and oxygen atoms in total. The fourth-order valence-corrected chi connectivity index (χ4v) is 1.65. The highest BCUT2D eigenvalue weighted by Gasteiger charge is 2.13. The number of aromatic nitrogens is 1. The molecule has 7 heteroatoms. The quantitative estimate of drug-likeness (QED) is 0.285. The molecular weight excluding hydrogens is 260 g/mol. The number of amides is 1. The van der Waals surface area contributed by atoms with E-state index in [1.54, 1.807) is 24.3 Å². The molecule has 0 radical (unpaired) electrons. The fourth-order valence-electron chi connectivity index (χ4n) is 1.65. The Morgan fingerprint density at radius 3 is 2.70 bits per heavy atom. The average molecular weight is 272 g/mol. The third-order valence-corrected chi connectivity index (χ3v) is 2.63. The Balaban J connectivity index is 2.34. The highest BCUT2D eigenvalue weighted by molar-refractivity contribution is 6.09. The van der Waals surface area contributed by atoms with E-state index in [0.29, 0.717) is 11.3 Å². The molecule has 1 heterocycles. The molecule has 1 amide bonds. The lowest BCUT2D eigenvalue weighted by Gasteiger charge is -2.09. The van der Waals surface area contributed by atoms with Gasteiger partial charge in [-0.1, -0.05) is 17.3 Å². The van der Waals surface area contributed by atoms with E-state index >= 15 is 0 Å². The molecule has 2 rings (SSSR count). The molecule has 0 aliphatic heterocycles. The molecule has 2 aromatic rings. The fraction of sp³-hybridized carbons (Fsp3) is 0. The van der Waals surface area contributed by atoms with Gasteiger partial charge in [-0.3, -0.25) is 9.59 Å². The van der Waals surface area contributed by atoms with E-state index in [4.69, 9.17) is 10.9 Å². The first-order chi connectivity index (χ1) is 9.63. The predicted octanol–water partition coefficient (Wildman–Crippen LogP) is 0.722. The number of carbonyl (C=O) groups is 1. The Hall–Kier alpha value is -3.09. The summed E-state index contributed by atoms with van der Waals surface area (Å²) < 4.78 is 0. The maximum Gasteiger partial charge on any atom is 0.261 e. The van der Waals surface area contributed by atoms with E-state index in [0.717, 1.165) is 0 Å². The Morgan fingerprint density at radius 2 is 2.00 bits per heavy atom. The first kappa shape index (κ1) is 13.3. The van der Waals surface area contributed by atoms with Crippen molar-refractivity contribution >= 4 is 17.4 Å². The van der Waals surface area contributed by atoms with E-state index < -0.39 is 11.3 Å². The van der Waals surface area contributed by atoms with Crippen LogP contribution in [0.25, 0.3) is 0 Å². The van der Waals surface area contributed by atoms with Crippen molar-refractivity contribution in [2.45, 2.75) is 0 Å². The van der Waals surface area contributed by atoms with Gasteiger partial charge in [0.05, 0.1) is 5.69 Å². The van der Waals surface area contributed by atoms with Crippen molar-refractivity contribution < 1.29 is 10.0 Å². The van der Waals surface area contributed by atoms with Crippen molar-refractivity contribution in [1.82, 2.24) is 4.98 Å². The van der Waals surface area contributed by atoms with Crippen LogP contribution >= 0.6 is 0 Å². The summed E-state index contributed by atoms with van der Waals surface area (Å²) in [6.07, 6.45) is 2.74. The molecule has 0 saturated carbocycles. The molecule has 0 fully saturated rings. The predicted molar refractivity (Wildman–Crippen MR) is 74.0 cm³/mol. The van der Waals surface area contributed by atoms with Gasteiger partial charge in [-0.15, -0.1) is 0 Å². The number of nitrogens with two attached hydrogens (primary N) is 1. The average Bonchev–Trinajstić information content (AvgIpc) is 2.47. The van der Waals surface area contributed by atoms with Crippen molar-refractivity contribution in [3.8, 4) is 0 Å². The van der Waals surface area contributed by atoms with Crippen LogP contribution in [0.5, 0.6) is 0 Å². The number of rotatable bonds is 3. The van der Waals surface area contributed by atoms with Crippen LogP contribution < -0.4 is 16.5 Å². The smallest absolute Gasteiger partial charge is 0.261 e. The summed E-state index contributed by atoms with van der Waals surface area (Å²) >= 11 is 0. The van der Waals surface area contributed by atoms with Crippen molar-refractivity contribution in [3.63, 3.8) is 0 Å². The molecule has 0 saturated heterocycles. The van der Waals surface area contributed by atoms with Crippen molar-refractivity contribution in [3.05, 3.63) is 64.1 Å². The van der Waals surface area contributed by atoms with Gasteiger partial charge in [-0.2, -0.15) is 0 Å². The number of hydrogen-bond donors (Lipinski definition) is 4. The standard InChI is InChI=1S/C13H12N4O3/c14-12(17-20)8-3-1-2-4-10(8)16-13(19)9-7-15-6-5-11(9)18/h1-7,20H,(H2,14,17)(H,15,18)(H,16,19). The second-order valence-electron chi connectivity index (χ2n) is 3.91. The van der Waals surface area contributed by atoms with Crippen LogP contribution in [-0.2, 0) is 0 Å². The van der Waals surface area contributed by atoms with E-state index in [2.05, 4.69) is 15.5 Å². The lowest BCUT2D eigenvalue weighted by atomic mass is 10.1. The van der Waals surface area contributed by atoms with Crippen molar-refractivity contribution in [2.24, 2.45) is 10.9 Å². The zero-order chi connectivity index (χ0) is 14.5. The molecule has 0 atom stereocenters. The first-order valence-corrected chi connectivity index (χ1v) is 5.69. The molecule has 0 aliphatic rings. The zero-order valence-corrected chi connectivity index (χ0v) is 10.3. The van der Waals surface area contributed by atoms with E-state index in [1.807, 2.05) is 0 Å². The summed E-state index contributed by atoms with van der Waals surface area (Å²) in [5, 5.41) is 14.1. The molecule has 20 heavy (non-hydrogen) atoms. The number of para-hydroxylation sites is 1. The van der Waals surface area contributed by atoms with E-state index in [-0.39, 0.29) is 11.4 Å². The Bertz CT molecular complexity index is 721. The molecule has 102 valence electrons. The monoisotopic (exact) mass is 272 g/mol. The van der Waals surface area contributed by atoms with Crippen LogP contribution in [0.2, 0.25) is 0 Å².